The van der Waals surface area contributed by atoms with Gasteiger partial charge >= 0.3 is 6.36 Å². The second kappa shape index (κ2) is 7.90. The summed E-state index contributed by atoms with van der Waals surface area (Å²) in [6.07, 6.45) is -2.89. The first-order valence-corrected chi connectivity index (χ1v) is 12.3. The highest BCUT2D eigenvalue weighted by molar-refractivity contribution is 7.91. The Bertz CT molecular complexity index is 1340. The van der Waals surface area contributed by atoms with E-state index in [2.05, 4.69) is 15.0 Å². The number of amides is 2. The zero-order valence-corrected chi connectivity index (χ0v) is 19.7. The molecule has 3 heterocycles. The zero-order chi connectivity index (χ0) is 26.0. The average Bonchev–Trinajstić information content (AvgIpc) is 3.10. The predicted octanol–water partition coefficient (Wildman–Crippen LogP) is 3.38. The number of alkyl halides is 3. The average molecular weight is 515 g/mol. The Labute approximate surface area is 198 Å². The third-order valence-electron chi connectivity index (χ3n) is 6.07. The van der Waals surface area contributed by atoms with E-state index >= 15 is 4.39 Å². The molecule has 188 valence electrons. The Kier molecular flexibility index (Phi) is 5.62. The van der Waals surface area contributed by atoms with Crippen molar-refractivity contribution in [2.45, 2.75) is 44.5 Å². The van der Waals surface area contributed by atoms with Crippen LogP contribution in [0.15, 0.2) is 30.6 Å². The molecule has 0 spiro atoms. The number of pyridine rings is 1. The van der Waals surface area contributed by atoms with E-state index in [1.807, 2.05) is 0 Å². The molecule has 1 fully saturated rings. The molecule has 2 amide bonds. The highest BCUT2D eigenvalue weighted by Crippen LogP contribution is 2.47. The number of benzene rings is 1. The Morgan fingerprint density at radius 2 is 1.86 bits per heavy atom. The molecule has 1 aromatic carbocycles. The van der Waals surface area contributed by atoms with Crippen LogP contribution in [0.25, 0.3) is 0 Å². The molecule has 0 bridgehead atoms. The van der Waals surface area contributed by atoms with E-state index < -0.39 is 50.5 Å². The van der Waals surface area contributed by atoms with Gasteiger partial charge in [-0.15, -0.1) is 13.2 Å². The van der Waals surface area contributed by atoms with Gasteiger partial charge in [0.15, 0.2) is 9.84 Å². The molecule has 2 aliphatic heterocycles. The minimum absolute atomic E-state index is 0.0794. The quantitative estimate of drug-likeness (QED) is 0.626. The van der Waals surface area contributed by atoms with Gasteiger partial charge < -0.3 is 10.1 Å². The number of carbonyl (C=O) groups excluding carboxylic acids is 2. The lowest BCUT2D eigenvalue weighted by molar-refractivity contribution is -0.274. The summed E-state index contributed by atoms with van der Waals surface area (Å²) in [5, 5.41) is 2.64. The van der Waals surface area contributed by atoms with Crippen molar-refractivity contribution in [2.75, 3.05) is 16.4 Å². The Morgan fingerprint density at radius 1 is 1.17 bits per heavy atom. The normalized spacial score (nSPS) is 22.7. The van der Waals surface area contributed by atoms with Crippen LogP contribution in [0.3, 0.4) is 0 Å². The van der Waals surface area contributed by atoms with E-state index in [1.165, 1.54) is 19.9 Å². The van der Waals surface area contributed by atoms with Crippen molar-refractivity contribution in [3.05, 3.63) is 47.5 Å². The third-order valence-corrected chi connectivity index (χ3v) is 7.97. The molecule has 1 saturated heterocycles. The van der Waals surface area contributed by atoms with E-state index in [0.717, 1.165) is 29.4 Å². The number of hydrogen-bond acceptors (Lipinski definition) is 6. The first-order valence-electron chi connectivity index (χ1n) is 10.4. The molecule has 13 heteroatoms. The first-order chi connectivity index (χ1) is 16.0. The van der Waals surface area contributed by atoms with Crippen molar-refractivity contribution >= 4 is 33.0 Å². The van der Waals surface area contributed by atoms with E-state index in [0.29, 0.717) is 0 Å². The summed E-state index contributed by atoms with van der Waals surface area (Å²) in [6, 6.07) is 3.12. The number of sulfone groups is 1. The van der Waals surface area contributed by atoms with Crippen molar-refractivity contribution < 1.29 is 40.3 Å². The van der Waals surface area contributed by atoms with Gasteiger partial charge in [0.2, 0.25) is 5.91 Å². The Morgan fingerprint density at radius 3 is 2.46 bits per heavy atom. The molecule has 4 rings (SSSR count). The molecule has 1 aromatic heterocycles. The Hall–Kier alpha value is -3.22. The standard InChI is InChI=1S/C22H21F4N3O5S/c1-20(2)15-6-12(18(30)28-21(3)4-5-35(32,33)11-21)7-16(23)17(15)29(19(20)31)13-8-14(10-27-9-13)34-22(24,25)26/h6-10H,4-5,11H2,1-3H3,(H,28,30)/t21-/m1/s1. The van der Waals surface area contributed by atoms with Gasteiger partial charge in [0.25, 0.3) is 5.91 Å². The summed E-state index contributed by atoms with van der Waals surface area (Å²) in [4.78, 5) is 30.7. The second-order valence-electron chi connectivity index (χ2n) is 9.40. The third kappa shape index (κ3) is 4.68. The van der Waals surface area contributed by atoms with Gasteiger partial charge in [0.1, 0.15) is 11.6 Å². The number of fused-ring (bicyclic) bond motifs is 1. The number of nitrogens with zero attached hydrogens (tertiary/aromatic N) is 2. The van der Waals surface area contributed by atoms with E-state index in [4.69, 9.17) is 0 Å². The number of rotatable bonds is 4. The zero-order valence-electron chi connectivity index (χ0n) is 18.9. The summed E-state index contributed by atoms with van der Waals surface area (Å²) in [7, 11) is -3.30. The lowest BCUT2D eigenvalue weighted by Crippen LogP contribution is -2.47. The van der Waals surface area contributed by atoms with Gasteiger partial charge in [0, 0.05) is 11.6 Å². The van der Waals surface area contributed by atoms with Crippen LogP contribution in [0.5, 0.6) is 5.75 Å². The lowest BCUT2D eigenvalue weighted by Gasteiger charge is -2.24. The molecule has 1 N–H and O–H groups in total. The highest BCUT2D eigenvalue weighted by atomic mass is 32.2. The molecule has 0 unspecified atom stereocenters. The summed E-state index contributed by atoms with van der Waals surface area (Å²) in [6.45, 7) is 4.56. The molecular formula is C22H21F4N3O5S. The van der Waals surface area contributed by atoms with Crippen LogP contribution in [0.4, 0.5) is 28.9 Å². The molecule has 35 heavy (non-hydrogen) atoms. The van der Waals surface area contributed by atoms with Crippen LogP contribution >= 0.6 is 0 Å². The minimum Gasteiger partial charge on any atom is -0.404 e. The lowest BCUT2D eigenvalue weighted by atomic mass is 9.85. The molecule has 2 aliphatic rings. The SMILES string of the molecule is CC1(C)C(=O)N(c2cncc(OC(F)(F)F)c2)c2c(F)cc(C(=O)N[C@]3(C)CCS(=O)(=O)C3)cc21. The van der Waals surface area contributed by atoms with Crippen molar-refractivity contribution in [3.8, 4) is 5.75 Å². The molecule has 0 saturated carbocycles. The van der Waals surface area contributed by atoms with Crippen LogP contribution in [0.1, 0.15) is 43.1 Å². The number of halogens is 4. The maximum absolute atomic E-state index is 15.4. The van der Waals surface area contributed by atoms with E-state index in [-0.39, 0.29) is 40.4 Å². The fourth-order valence-corrected chi connectivity index (χ4v) is 6.44. The number of nitrogens with one attached hydrogen (secondary N) is 1. The largest absolute Gasteiger partial charge is 0.573 e. The Balaban J connectivity index is 1.72. The van der Waals surface area contributed by atoms with Crippen LogP contribution in [0, 0.1) is 5.82 Å². The highest BCUT2D eigenvalue weighted by Gasteiger charge is 2.47. The van der Waals surface area contributed by atoms with Gasteiger partial charge in [-0.05, 0) is 44.9 Å². The fourth-order valence-electron chi connectivity index (χ4n) is 4.35. The van der Waals surface area contributed by atoms with Gasteiger partial charge in [-0.1, -0.05) is 0 Å². The van der Waals surface area contributed by atoms with Crippen LogP contribution < -0.4 is 15.0 Å². The van der Waals surface area contributed by atoms with Crippen LogP contribution in [0.2, 0.25) is 0 Å². The van der Waals surface area contributed by atoms with Gasteiger partial charge in [-0.25, -0.2) is 12.8 Å². The second-order valence-corrected chi connectivity index (χ2v) is 11.6. The fraction of sp³-hybridized carbons (Fsp3) is 0.409. The molecule has 8 nitrogen and oxygen atoms in total. The van der Waals surface area contributed by atoms with Crippen molar-refractivity contribution in [2.24, 2.45) is 0 Å². The molecular weight excluding hydrogens is 494 g/mol. The number of anilines is 2. The maximum atomic E-state index is 15.4. The van der Waals surface area contributed by atoms with Gasteiger partial charge in [0.05, 0.1) is 46.2 Å². The number of hydrogen-bond donors (Lipinski definition) is 1. The summed E-state index contributed by atoms with van der Waals surface area (Å²) in [5.74, 6) is -3.34. The predicted molar refractivity (Wildman–Crippen MR) is 117 cm³/mol. The summed E-state index contributed by atoms with van der Waals surface area (Å²) in [5.41, 5.74) is -2.72. The molecule has 0 aliphatic carbocycles. The molecule has 2 aromatic rings. The summed E-state index contributed by atoms with van der Waals surface area (Å²) >= 11 is 0. The van der Waals surface area contributed by atoms with Crippen LogP contribution in [-0.4, -0.2) is 48.6 Å². The monoisotopic (exact) mass is 515 g/mol. The van der Waals surface area contributed by atoms with Gasteiger partial charge in [-0.3, -0.25) is 19.5 Å². The summed E-state index contributed by atoms with van der Waals surface area (Å²) < 4.78 is 80.8. The smallest absolute Gasteiger partial charge is 0.404 e. The van der Waals surface area contributed by atoms with Gasteiger partial charge in [-0.2, -0.15) is 0 Å². The van der Waals surface area contributed by atoms with E-state index in [1.54, 1.807) is 6.92 Å². The molecule has 0 radical (unpaired) electrons. The van der Waals surface area contributed by atoms with Crippen molar-refractivity contribution in [3.63, 3.8) is 0 Å². The van der Waals surface area contributed by atoms with Crippen molar-refractivity contribution in [1.29, 1.82) is 0 Å². The minimum atomic E-state index is -4.99. The van der Waals surface area contributed by atoms with Crippen molar-refractivity contribution in [1.82, 2.24) is 10.3 Å². The maximum Gasteiger partial charge on any atom is 0.573 e. The number of carbonyl (C=O) groups is 2. The number of aromatic nitrogens is 1. The first kappa shape index (κ1) is 24.9. The molecule has 1 atom stereocenters. The van der Waals surface area contributed by atoms with E-state index in [9.17, 15) is 31.2 Å². The topological polar surface area (TPSA) is 106 Å². The van der Waals surface area contributed by atoms with Crippen LogP contribution in [-0.2, 0) is 20.0 Å². The number of ether oxygens (including phenoxy) is 1.